The fourth-order valence-electron chi connectivity index (χ4n) is 2.86. The van der Waals surface area contributed by atoms with Gasteiger partial charge in [0.05, 0.1) is 28.8 Å². The predicted octanol–water partition coefficient (Wildman–Crippen LogP) is 6.15. The fourth-order valence-corrected chi connectivity index (χ4v) is 4.18. The van der Waals surface area contributed by atoms with Gasteiger partial charge in [0.2, 0.25) is 0 Å². The SMILES string of the molecule is CCC(C)Oc1c(Cl)cc(C=C2SC(=Nc3ccccc3)N(CC)C2=O)cc1OC. The lowest BCUT2D eigenvalue weighted by atomic mass is 10.1. The number of ether oxygens (including phenoxy) is 2. The van der Waals surface area contributed by atoms with Gasteiger partial charge in [0.1, 0.15) is 0 Å². The fraction of sp³-hybridized carbons (Fsp3) is 0.304. The van der Waals surface area contributed by atoms with Gasteiger partial charge in [0.25, 0.3) is 5.91 Å². The maximum Gasteiger partial charge on any atom is 0.266 e. The minimum Gasteiger partial charge on any atom is -0.493 e. The van der Waals surface area contributed by atoms with E-state index in [0.29, 0.717) is 33.1 Å². The lowest BCUT2D eigenvalue weighted by Gasteiger charge is -2.17. The Hall–Kier alpha value is -2.44. The number of nitrogens with zero attached hydrogens (tertiary/aromatic N) is 2. The second-order valence-electron chi connectivity index (χ2n) is 6.76. The van der Waals surface area contributed by atoms with Gasteiger partial charge in [-0.2, -0.15) is 0 Å². The Balaban J connectivity index is 1.93. The number of amides is 1. The summed E-state index contributed by atoms with van der Waals surface area (Å²) in [5.74, 6) is 0.977. The number of benzene rings is 2. The summed E-state index contributed by atoms with van der Waals surface area (Å²) < 4.78 is 11.4. The van der Waals surface area contributed by atoms with Crippen LogP contribution in [0, 0.1) is 0 Å². The summed E-state index contributed by atoms with van der Waals surface area (Å²) in [5, 5.41) is 1.11. The zero-order valence-electron chi connectivity index (χ0n) is 17.5. The molecule has 1 heterocycles. The van der Waals surface area contributed by atoms with Crippen molar-refractivity contribution in [2.45, 2.75) is 33.3 Å². The molecule has 1 atom stereocenters. The Morgan fingerprint density at radius 3 is 2.60 bits per heavy atom. The van der Waals surface area contributed by atoms with Crippen molar-refractivity contribution >= 4 is 46.2 Å². The average molecular weight is 445 g/mol. The molecule has 2 aromatic carbocycles. The molecule has 1 fully saturated rings. The van der Waals surface area contributed by atoms with E-state index in [4.69, 9.17) is 21.1 Å². The largest absolute Gasteiger partial charge is 0.493 e. The number of hydrogen-bond donors (Lipinski definition) is 0. The molecule has 1 aliphatic heterocycles. The van der Waals surface area contributed by atoms with Crippen LogP contribution in [0.5, 0.6) is 11.5 Å². The topological polar surface area (TPSA) is 51.1 Å². The molecule has 2 aromatic rings. The lowest BCUT2D eigenvalue weighted by molar-refractivity contribution is -0.122. The maximum atomic E-state index is 12.9. The Kier molecular flexibility index (Phi) is 7.45. The second kappa shape index (κ2) is 10.0. The zero-order valence-corrected chi connectivity index (χ0v) is 19.1. The molecule has 5 nitrogen and oxygen atoms in total. The number of methoxy groups -OCH3 is 1. The van der Waals surface area contributed by atoms with Crippen LogP contribution in [0.25, 0.3) is 6.08 Å². The Morgan fingerprint density at radius 1 is 1.23 bits per heavy atom. The molecule has 1 aliphatic rings. The molecule has 0 saturated carbocycles. The van der Waals surface area contributed by atoms with E-state index in [1.54, 1.807) is 18.1 Å². The first kappa shape index (κ1) is 22.2. The minimum absolute atomic E-state index is 0.0161. The molecule has 0 spiro atoms. The number of aliphatic imine (C=N–C) groups is 1. The van der Waals surface area contributed by atoms with E-state index in [0.717, 1.165) is 17.7 Å². The normalized spacial score (nSPS) is 17.6. The standard InChI is InChI=1S/C23H25ClN2O3S/c1-5-15(3)29-21-18(24)12-16(13-19(21)28-4)14-20-22(27)26(6-2)23(30-20)25-17-10-8-7-9-11-17/h7-15H,5-6H2,1-4H3. The smallest absolute Gasteiger partial charge is 0.266 e. The number of rotatable bonds is 7. The summed E-state index contributed by atoms with van der Waals surface area (Å²) in [7, 11) is 1.57. The van der Waals surface area contributed by atoms with Gasteiger partial charge in [0, 0.05) is 6.54 Å². The van der Waals surface area contributed by atoms with Crippen molar-refractivity contribution in [3.63, 3.8) is 0 Å². The zero-order chi connectivity index (χ0) is 21.7. The van der Waals surface area contributed by atoms with Crippen molar-refractivity contribution in [2.24, 2.45) is 4.99 Å². The van der Waals surface area contributed by atoms with Crippen molar-refractivity contribution < 1.29 is 14.3 Å². The Morgan fingerprint density at radius 2 is 1.97 bits per heavy atom. The predicted molar refractivity (Wildman–Crippen MR) is 125 cm³/mol. The first-order chi connectivity index (χ1) is 14.5. The third kappa shape index (κ3) is 4.99. The highest BCUT2D eigenvalue weighted by Crippen LogP contribution is 2.40. The van der Waals surface area contributed by atoms with E-state index < -0.39 is 0 Å². The molecular weight excluding hydrogens is 420 g/mol. The number of halogens is 1. The minimum atomic E-state index is -0.0767. The van der Waals surface area contributed by atoms with Crippen LogP contribution in [0.1, 0.15) is 32.8 Å². The van der Waals surface area contributed by atoms with Crippen molar-refractivity contribution in [3.05, 3.63) is 58.0 Å². The van der Waals surface area contributed by atoms with Crippen LogP contribution in [-0.4, -0.2) is 35.7 Å². The molecule has 7 heteroatoms. The Labute approximate surface area is 186 Å². The van der Waals surface area contributed by atoms with Crippen molar-refractivity contribution in [2.75, 3.05) is 13.7 Å². The first-order valence-electron chi connectivity index (χ1n) is 9.86. The van der Waals surface area contributed by atoms with Gasteiger partial charge in [-0.25, -0.2) is 4.99 Å². The highest BCUT2D eigenvalue weighted by molar-refractivity contribution is 8.18. The summed E-state index contributed by atoms with van der Waals surface area (Å²) in [6.45, 7) is 6.50. The van der Waals surface area contributed by atoms with Gasteiger partial charge in [-0.05, 0) is 67.9 Å². The van der Waals surface area contributed by atoms with Crippen LogP contribution >= 0.6 is 23.4 Å². The number of likely N-dealkylation sites (N-methyl/N-ethyl adjacent to an activating group) is 1. The van der Waals surface area contributed by atoms with Gasteiger partial charge in [-0.15, -0.1) is 0 Å². The number of carbonyl (C=O) groups is 1. The number of thioether (sulfide) groups is 1. The van der Waals surface area contributed by atoms with Crippen LogP contribution in [0.3, 0.4) is 0 Å². The van der Waals surface area contributed by atoms with E-state index in [-0.39, 0.29) is 12.0 Å². The van der Waals surface area contributed by atoms with E-state index in [2.05, 4.69) is 4.99 Å². The maximum absolute atomic E-state index is 12.9. The lowest BCUT2D eigenvalue weighted by Crippen LogP contribution is -2.28. The number of hydrogen-bond acceptors (Lipinski definition) is 5. The van der Waals surface area contributed by atoms with Gasteiger partial charge >= 0.3 is 0 Å². The number of amidine groups is 1. The Bertz CT molecular complexity index is 976. The number of carbonyl (C=O) groups excluding carboxylic acids is 1. The van der Waals surface area contributed by atoms with Gasteiger partial charge in [-0.3, -0.25) is 9.69 Å². The third-order valence-corrected chi connectivity index (χ3v) is 5.92. The molecule has 0 N–H and O–H groups in total. The van der Waals surface area contributed by atoms with E-state index in [9.17, 15) is 4.79 Å². The van der Waals surface area contributed by atoms with Gasteiger partial charge in [-0.1, -0.05) is 36.7 Å². The molecule has 3 rings (SSSR count). The molecule has 1 unspecified atom stereocenters. The van der Waals surface area contributed by atoms with Crippen LogP contribution in [0.15, 0.2) is 52.4 Å². The molecule has 0 bridgehead atoms. The van der Waals surface area contributed by atoms with Gasteiger partial charge in [0.15, 0.2) is 16.7 Å². The molecule has 30 heavy (non-hydrogen) atoms. The third-order valence-electron chi connectivity index (χ3n) is 4.63. The summed E-state index contributed by atoms with van der Waals surface area (Å²) in [6, 6.07) is 13.2. The van der Waals surface area contributed by atoms with Crippen molar-refractivity contribution in [1.82, 2.24) is 4.90 Å². The van der Waals surface area contributed by atoms with Gasteiger partial charge < -0.3 is 9.47 Å². The number of para-hydroxylation sites is 1. The molecule has 1 saturated heterocycles. The molecule has 1 amide bonds. The van der Waals surface area contributed by atoms with Crippen molar-refractivity contribution in [3.8, 4) is 11.5 Å². The molecule has 158 valence electrons. The second-order valence-corrected chi connectivity index (χ2v) is 8.18. The average Bonchev–Trinajstić information content (AvgIpc) is 3.04. The quantitative estimate of drug-likeness (QED) is 0.480. The summed E-state index contributed by atoms with van der Waals surface area (Å²) in [6.07, 6.45) is 2.68. The van der Waals surface area contributed by atoms with Crippen molar-refractivity contribution in [1.29, 1.82) is 0 Å². The highest BCUT2D eigenvalue weighted by Gasteiger charge is 2.32. The van der Waals surface area contributed by atoms with Crippen LogP contribution < -0.4 is 9.47 Å². The van der Waals surface area contributed by atoms with E-state index in [1.807, 2.05) is 63.2 Å². The summed E-state index contributed by atoms with van der Waals surface area (Å²) in [4.78, 5) is 19.8. The monoisotopic (exact) mass is 444 g/mol. The van der Waals surface area contributed by atoms with Crippen LogP contribution in [-0.2, 0) is 4.79 Å². The van der Waals surface area contributed by atoms with Crippen LogP contribution in [0.2, 0.25) is 5.02 Å². The molecule has 0 aliphatic carbocycles. The molecular formula is C23H25ClN2O3S. The van der Waals surface area contributed by atoms with E-state index >= 15 is 0 Å². The van der Waals surface area contributed by atoms with E-state index in [1.165, 1.54) is 11.8 Å². The van der Waals surface area contributed by atoms with Crippen LogP contribution in [0.4, 0.5) is 5.69 Å². The summed E-state index contributed by atoms with van der Waals surface area (Å²) in [5.41, 5.74) is 1.57. The molecule has 0 aromatic heterocycles. The molecule has 0 radical (unpaired) electrons. The highest BCUT2D eigenvalue weighted by atomic mass is 35.5. The first-order valence-corrected chi connectivity index (χ1v) is 11.1. The summed E-state index contributed by atoms with van der Waals surface area (Å²) >= 11 is 7.82.